The molecule has 11 heavy (non-hydrogen) atoms. The average molecular weight is 154 g/mol. The van der Waals surface area contributed by atoms with E-state index < -0.39 is 0 Å². The van der Waals surface area contributed by atoms with E-state index >= 15 is 0 Å². The first kappa shape index (κ1) is 10.1. The number of Topliss-reactive ketones (excluding diaryl/α,β-unsaturated/α-hetero) is 1. The minimum Gasteiger partial charge on any atom is -0.300 e. The summed E-state index contributed by atoms with van der Waals surface area (Å²) in [5.74, 6) is 0.284. The van der Waals surface area contributed by atoms with E-state index in [0.717, 1.165) is 0 Å². The van der Waals surface area contributed by atoms with Crippen molar-refractivity contribution in [3.05, 3.63) is 12.2 Å². The van der Waals surface area contributed by atoms with Gasteiger partial charge in [-0.2, -0.15) is 0 Å². The number of allylic oxidation sites excluding steroid dienone is 2. The predicted molar refractivity (Wildman–Crippen MR) is 44.4 cm³/mol. The second-order valence-electron chi connectivity index (χ2n) is 2.44. The van der Waals surface area contributed by atoms with Gasteiger partial charge in [-0.3, -0.25) is 9.59 Å². The summed E-state index contributed by atoms with van der Waals surface area (Å²) in [5.41, 5.74) is 0. The van der Waals surface area contributed by atoms with Gasteiger partial charge in [-0.1, -0.05) is 13.0 Å². The molecule has 0 saturated heterocycles. The summed E-state index contributed by atoms with van der Waals surface area (Å²) in [6.07, 6.45) is 5.08. The number of ketones is 2. The molecule has 0 aromatic heterocycles. The molecule has 0 radical (unpaired) electrons. The molecule has 0 aromatic carbocycles. The van der Waals surface area contributed by atoms with Crippen molar-refractivity contribution in [3.8, 4) is 0 Å². The summed E-state index contributed by atoms with van der Waals surface area (Å²) in [4.78, 5) is 21.1. The van der Waals surface area contributed by atoms with E-state index in [-0.39, 0.29) is 11.6 Å². The van der Waals surface area contributed by atoms with Gasteiger partial charge in [-0.25, -0.2) is 0 Å². The quantitative estimate of drug-likeness (QED) is 0.567. The van der Waals surface area contributed by atoms with Crippen LogP contribution in [0.15, 0.2) is 12.2 Å². The van der Waals surface area contributed by atoms with Gasteiger partial charge in [0, 0.05) is 12.8 Å². The summed E-state index contributed by atoms with van der Waals surface area (Å²) in [5, 5.41) is 0. The van der Waals surface area contributed by atoms with Crippen LogP contribution in [0.2, 0.25) is 0 Å². The Kier molecular flexibility index (Phi) is 5.35. The zero-order valence-corrected chi connectivity index (χ0v) is 7.09. The molecule has 0 unspecified atom stereocenters. The monoisotopic (exact) mass is 154 g/mol. The lowest BCUT2D eigenvalue weighted by Crippen LogP contribution is -1.92. The number of carbonyl (C=O) groups is 2. The normalized spacial score (nSPS) is 10.4. The van der Waals surface area contributed by atoms with Crippen molar-refractivity contribution in [2.75, 3.05) is 0 Å². The summed E-state index contributed by atoms with van der Waals surface area (Å²) >= 11 is 0. The lowest BCUT2D eigenvalue weighted by Gasteiger charge is -1.90. The molecule has 0 aromatic rings. The highest BCUT2D eigenvalue weighted by molar-refractivity contribution is 5.87. The molecule has 2 heteroatoms. The molecule has 0 aliphatic heterocycles. The molecule has 0 amide bonds. The number of hydrogen-bond donors (Lipinski definition) is 0. The van der Waals surface area contributed by atoms with E-state index in [0.29, 0.717) is 19.3 Å². The van der Waals surface area contributed by atoms with E-state index in [4.69, 9.17) is 0 Å². The van der Waals surface area contributed by atoms with Crippen molar-refractivity contribution in [1.82, 2.24) is 0 Å². The summed E-state index contributed by atoms with van der Waals surface area (Å²) in [6.45, 7) is 3.34. The number of rotatable bonds is 5. The Bertz CT molecular complexity index is 168. The zero-order chi connectivity index (χ0) is 8.69. The fourth-order valence-corrected chi connectivity index (χ4v) is 0.670. The smallest absolute Gasteiger partial charge is 0.152 e. The predicted octanol–water partition coefficient (Wildman–Crippen LogP) is 1.89. The Morgan fingerprint density at radius 2 is 2.00 bits per heavy atom. The fourth-order valence-electron chi connectivity index (χ4n) is 0.670. The Morgan fingerprint density at radius 3 is 2.45 bits per heavy atom. The molecule has 0 atom stereocenters. The maximum absolute atomic E-state index is 10.7. The molecule has 0 heterocycles. The molecule has 62 valence electrons. The largest absolute Gasteiger partial charge is 0.300 e. The van der Waals surface area contributed by atoms with Crippen LogP contribution in [0, 0.1) is 0 Å². The van der Waals surface area contributed by atoms with Crippen molar-refractivity contribution >= 4 is 11.6 Å². The maximum Gasteiger partial charge on any atom is 0.152 e. The van der Waals surface area contributed by atoms with Crippen LogP contribution >= 0.6 is 0 Å². The van der Waals surface area contributed by atoms with Crippen LogP contribution in [0.1, 0.15) is 33.1 Å². The van der Waals surface area contributed by atoms with E-state index in [1.54, 1.807) is 6.08 Å². The van der Waals surface area contributed by atoms with Crippen LogP contribution in [0.25, 0.3) is 0 Å². The standard InChI is InChI=1S/C9H14O2/c1-3-9(11)7-5-4-6-8(2)10/h4,6H,3,5,7H2,1-2H3/b6-4+. The Balaban J connectivity index is 3.41. The van der Waals surface area contributed by atoms with Crippen molar-refractivity contribution in [2.24, 2.45) is 0 Å². The molecule has 0 rings (SSSR count). The first-order valence-electron chi connectivity index (χ1n) is 3.85. The fraction of sp³-hybridized carbons (Fsp3) is 0.556. The zero-order valence-electron chi connectivity index (χ0n) is 7.09. The molecular weight excluding hydrogens is 140 g/mol. The molecule has 0 bridgehead atoms. The van der Waals surface area contributed by atoms with Crippen LogP contribution < -0.4 is 0 Å². The Morgan fingerprint density at radius 1 is 1.36 bits per heavy atom. The third kappa shape index (κ3) is 6.97. The lowest BCUT2D eigenvalue weighted by molar-refractivity contribution is -0.118. The molecule has 0 spiro atoms. The van der Waals surface area contributed by atoms with Gasteiger partial charge in [-0.15, -0.1) is 0 Å². The van der Waals surface area contributed by atoms with Crippen molar-refractivity contribution in [2.45, 2.75) is 33.1 Å². The van der Waals surface area contributed by atoms with E-state index in [2.05, 4.69) is 0 Å². The Labute approximate surface area is 67.3 Å². The third-order valence-corrected chi connectivity index (χ3v) is 1.34. The van der Waals surface area contributed by atoms with Gasteiger partial charge in [0.15, 0.2) is 5.78 Å². The number of carbonyl (C=O) groups excluding carboxylic acids is 2. The topological polar surface area (TPSA) is 34.1 Å². The first-order valence-corrected chi connectivity index (χ1v) is 3.85. The highest BCUT2D eigenvalue weighted by Gasteiger charge is 1.94. The Hall–Kier alpha value is -0.920. The highest BCUT2D eigenvalue weighted by Crippen LogP contribution is 1.95. The van der Waals surface area contributed by atoms with Crippen molar-refractivity contribution in [3.63, 3.8) is 0 Å². The van der Waals surface area contributed by atoms with Gasteiger partial charge in [0.1, 0.15) is 5.78 Å². The summed E-state index contributed by atoms with van der Waals surface area (Å²) in [7, 11) is 0. The minimum absolute atomic E-state index is 0.0361. The van der Waals surface area contributed by atoms with Crippen molar-refractivity contribution in [1.29, 1.82) is 0 Å². The SMILES string of the molecule is CCC(=O)CC/C=C/C(C)=O. The van der Waals surface area contributed by atoms with E-state index in [1.807, 2.05) is 6.92 Å². The van der Waals surface area contributed by atoms with Gasteiger partial charge in [-0.05, 0) is 19.4 Å². The summed E-state index contributed by atoms with van der Waals surface area (Å²) < 4.78 is 0. The highest BCUT2D eigenvalue weighted by atomic mass is 16.1. The van der Waals surface area contributed by atoms with Crippen LogP contribution in [0.3, 0.4) is 0 Å². The minimum atomic E-state index is 0.0361. The molecule has 0 fully saturated rings. The van der Waals surface area contributed by atoms with E-state index in [9.17, 15) is 9.59 Å². The van der Waals surface area contributed by atoms with Crippen molar-refractivity contribution < 1.29 is 9.59 Å². The maximum atomic E-state index is 10.7. The van der Waals surface area contributed by atoms with Crippen LogP contribution in [-0.2, 0) is 9.59 Å². The second kappa shape index (κ2) is 5.83. The van der Waals surface area contributed by atoms with Gasteiger partial charge in [0.05, 0.1) is 0 Å². The van der Waals surface area contributed by atoms with Gasteiger partial charge < -0.3 is 0 Å². The summed E-state index contributed by atoms with van der Waals surface area (Å²) in [6, 6.07) is 0. The molecule has 0 aliphatic carbocycles. The van der Waals surface area contributed by atoms with Crippen LogP contribution in [0.4, 0.5) is 0 Å². The van der Waals surface area contributed by atoms with Crippen LogP contribution in [-0.4, -0.2) is 11.6 Å². The van der Waals surface area contributed by atoms with Crippen LogP contribution in [0.5, 0.6) is 0 Å². The molecule has 2 nitrogen and oxygen atoms in total. The van der Waals surface area contributed by atoms with E-state index in [1.165, 1.54) is 13.0 Å². The van der Waals surface area contributed by atoms with Gasteiger partial charge in [0.25, 0.3) is 0 Å². The first-order chi connectivity index (χ1) is 5.16. The van der Waals surface area contributed by atoms with Gasteiger partial charge >= 0.3 is 0 Å². The average Bonchev–Trinajstić information content (AvgIpc) is 1.97. The van der Waals surface area contributed by atoms with Gasteiger partial charge in [0.2, 0.25) is 0 Å². The molecule has 0 N–H and O–H groups in total. The molecule has 0 saturated carbocycles. The number of hydrogen-bond acceptors (Lipinski definition) is 2. The third-order valence-electron chi connectivity index (χ3n) is 1.34. The second-order valence-corrected chi connectivity index (χ2v) is 2.44. The molecule has 0 aliphatic rings. The molecular formula is C9H14O2. The lowest BCUT2D eigenvalue weighted by atomic mass is 10.2.